The summed E-state index contributed by atoms with van der Waals surface area (Å²) in [6, 6.07) is 23.9. The van der Waals surface area contributed by atoms with Gasteiger partial charge in [-0.05, 0) is 24.1 Å². The van der Waals surface area contributed by atoms with E-state index < -0.39 is 5.60 Å². The normalized spacial score (nSPS) is 13.5. The Morgan fingerprint density at radius 2 is 1.45 bits per heavy atom. The van der Waals surface area contributed by atoms with Crippen LogP contribution in [0.2, 0.25) is 0 Å². The predicted molar refractivity (Wildman–Crippen MR) is 89.4 cm³/mol. The van der Waals surface area contributed by atoms with Crippen LogP contribution in [-0.2, 0) is 12.0 Å². The number of pyridine rings is 1. The molecule has 3 aromatic rings. The number of benzene rings is 2. The quantitative estimate of drug-likeness (QED) is 0.781. The summed E-state index contributed by atoms with van der Waals surface area (Å²) in [5, 5.41) is 10.7. The average Bonchev–Trinajstić information content (AvgIpc) is 2.57. The van der Waals surface area contributed by atoms with Crippen molar-refractivity contribution in [3.05, 3.63) is 90.3 Å². The van der Waals surface area contributed by atoms with Crippen molar-refractivity contribution in [1.82, 2.24) is 4.98 Å². The van der Waals surface area contributed by atoms with Gasteiger partial charge in [-0.15, -0.1) is 0 Å². The summed E-state index contributed by atoms with van der Waals surface area (Å²) in [6.45, 7) is 1.83. The number of aliphatic hydroxyl groups is 1. The zero-order valence-corrected chi connectivity index (χ0v) is 12.6. The number of nitrogens with zero attached hydrogens (tertiary/aromatic N) is 1. The molecule has 0 aliphatic heterocycles. The minimum atomic E-state index is -0.914. The van der Waals surface area contributed by atoms with Crippen molar-refractivity contribution in [3.8, 4) is 11.1 Å². The van der Waals surface area contributed by atoms with Gasteiger partial charge in [0.05, 0.1) is 5.60 Å². The van der Waals surface area contributed by atoms with E-state index in [2.05, 4.69) is 23.2 Å². The molecule has 1 atom stereocenters. The van der Waals surface area contributed by atoms with E-state index in [1.807, 2.05) is 67.7 Å². The first-order valence-electron chi connectivity index (χ1n) is 7.43. The van der Waals surface area contributed by atoms with Crippen molar-refractivity contribution in [2.45, 2.75) is 18.9 Å². The van der Waals surface area contributed by atoms with Crippen molar-refractivity contribution in [3.63, 3.8) is 0 Å². The summed E-state index contributed by atoms with van der Waals surface area (Å²) >= 11 is 0. The highest BCUT2D eigenvalue weighted by Gasteiger charge is 2.23. The summed E-state index contributed by atoms with van der Waals surface area (Å²) in [5.41, 5.74) is 3.11. The van der Waals surface area contributed by atoms with E-state index >= 15 is 0 Å². The predicted octanol–water partition coefficient (Wildman–Crippen LogP) is 4.20. The van der Waals surface area contributed by atoms with Crippen molar-refractivity contribution < 1.29 is 5.11 Å². The fourth-order valence-electron chi connectivity index (χ4n) is 2.58. The van der Waals surface area contributed by atoms with Crippen LogP contribution >= 0.6 is 0 Å². The van der Waals surface area contributed by atoms with Crippen molar-refractivity contribution >= 4 is 0 Å². The molecule has 0 bridgehead atoms. The molecular weight excluding hydrogens is 270 g/mol. The van der Waals surface area contributed by atoms with Gasteiger partial charge >= 0.3 is 0 Å². The second-order valence-electron chi connectivity index (χ2n) is 5.72. The molecule has 22 heavy (non-hydrogen) atoms. The van der Waals surface area contributed by atoms with Crippen molar-refractivity contribution in [2.24, 2.45) is 0 Å². The number of aromatic nitrogens is 1. The molecule has 0 saturated carbocycles. The fourth-order valence-corrected chi connectivity index (χ4v) is 2.58. The van der Waals surface area contributed by atoms with Crippen LogP contribution in [0.4, 0.5) is 0 Å². The molecule has 110 valence electrons. The average molecular weight is 289 g/mol. The van der Waals surface area contributed by atoms with Crippen molar-refractivity contribution in [2.75, 3.05) is 0 Å². The Balaban J connectivity index is 1.79. The lowest BCUT2D eigenvalue weighted by molar-refractivity contribution is 0.0566. The Morgan fingerprint density at radius 3 is 2.05 bits per heavy atom. The summed E-state index contributed by atoms with van der Waals surface area (Å²) in [5.74, 6) is 0. The molecule has 1 heterocycles. The fraction of sp³-hybridized carbons (Fsp3) is 0.150. The molecule has 2 aromatic carbocycles. The van der Waals surface area contributed by atoms with Crippen LogP contribution in [0.25, 0.3) is 11.1 Å². The SMILES string of the molecule is C[C@](O)(Cc1ccc(-c2ccccc2)cn1)c1ccccc1. The van der Waals surface area contributed by atoms with Gasteiger partial charge < -0.3 is 5.11 Å². The Bertz CT molecular complexity index is 719. The van der Waals surface area contributed by atoms with Crippen LogP contribution in [0.1, 0.15) is 18.2 Å². The van der Waals surface area contributed by atoms with Gasteiger partial charge in [-0.3, -0.25) is 4.98 Å². The lowest BCUT2D eigenvalue weighted by Crippen LogP contribution is -2.24. The first kappa shape index (κ1) is 14.5. The van der Waals surface area contributed by atoms with E-state index in [1.165, 1.54) is 0 Å². The minimum Gasteiger partial charge on any atom is -0.385 e. The molecule has 0 amide bonds. The third-order valence-corrected chi connectivity index (χ3v) is 3.85. The van der Waals surface area contributed by atoms with E-state index in [9.17, 15) is 5.11 Å². The summed E-state index contributed by atoms with van der Waals surface area (Å²) in [4.78, 5) is 4.51. The molecular formula is C20H19NO. The lowest BCUT2D eigenvalue weighted by atomic mass is 9.91. The van der Waals surface area contributed by atoms with Crippen LogP contribution in [0.3, 0.4) is 0 Å². The standard InChI is InChI=1S/C20H19NO/c1-20(22,18-10-6-3-7-11-18)14-19-13-12-17(15-21-19)16-8-4-2-5-9-16/h2-13,15,22H,14H2,1H3/t20-/m0/s1. The molecule has 1 aromatic heterocycles. The molecule has 0 spiro atoms. The Hall–Kier alpha value is -2.45. The monoisotopic (exact) mass is 289 g/mol. The second kappa shape index (κ2) is 6.12. The van der Waals surface area contributed by atoms with E-state index in [0.717, 1.165) is 22.4 Å². The van der Waals surface area contributed by atoms with Crippen LogP contribution in [0.15, 0.2) is 79.0 Å². The smallest absolute Gasteiger partial charge is 0.0923 e. The van der Waals surface area contributed by atoms with Gasteiger partial charge in [0, 0.05) is 23.9 Å². The number of rotatable bonds is 4. The molecule has 0 fully saturated rings. The molecule has 0 radical (unpaired) electrons. The third kappa shape index (κ3) is 3.23. The largest absolute Gasteiger partial charge is 0.385 e. The Kier molecular flexibility index (Phi) is 4.03. The van der Waals surface area contributed by atoms with Crippen LogP contribution in [0, 0.1) is 0 Å². The molecule has 3 rings (SSSR count). The summed E-state index contributed by atoms with van der Waals surface area (Å²) in [7, 11) is 0. The van der Waals surface area contributed by atoms with Gasteiger partial charge in [0.2, 0.25) is 0 Å². The molecule has 0 aliphatic rings. The summed E-state index contributed by atoms with van der Waals surface area (Å²) < 4.78 is 0. The molecule has 0 unspecified atom stereocenters. The molecule has 0 saturated heterocycles. The van der Waals surface area contributed by atoms with Crippen LogP contribution in [0.5, 0.6) is 0 Å². The van der Waals surface area contributed by atoms with Gasteiger partial charge in [0.15, 0.2) is 0 Å². The third-order valence-electron chi connectivity index (χ3n) is 3.85. The van der Waals surface area contributed by atoms with Crippen LogP contribution in [-0.4, -0.2) is 10.1 Å². The Labute approximate surface area is 131 Å². The lowest BCUT2D eigenvalue weighted by Gasteiger charge is -2.23. The van der Waals surface area contributed by atoms with Gasteiger partial charge in [0.25, 0.3) is 0 Å². The van der Waals surface area contributed by atoms with Gasteiger partial charge in [-0.1, -0.05) is 66.7 Å². The van der Waals surface area contributed by atoms with E-state index in [1.54, 1.807) is 0 Å². The minimum absolute atomic E-state index is 0.492. The van der Waals surface area contributed by atoms with E-state index in [0.29, 0.717) is 6.42 Å². The maximum absolute atomic E-state index is 10.7. The highest BCUT2D eigenvalue weighted by molar-refractivity contribution is 5.62. The molecule has 0 aliphatic carbocycles. The Morgan fingerprint density at radius 1 is 0.818 bits per heavy atom. The van der Waals surface area contributed by atoms with E-state index in [4.69, 9.17) is 0 Å². The van der Waals surface area contributed by atoms with Crippen LogP contribution < -0.4 is 0 Å². The first-order valence-corrected chi connectivity index (χ1v) is 7.43. The highest BCUT2D eigenvalue weighted by atomic mass is 16.3. The van der Waals surface area contributed by atoms with Gasteiger partial charge in [-0.25, -0.2) is 0 Å². The molecule has 2 heteroatoms. The highest BCUT2D eigenvalue weighted by Crippen LogP contribution is 2.25. The summed E-state index contributed by atoms with van der Waals surface area (Å²) in [6.07, 6.45) is 2.36. The number of hydrogen-bond donors (Lipinski definition) is 1. The zero-order valence-electron chi connectivity index (χ0n) is 12.6. The van der Waals surface area contributed by atoms with Crippen molar-refractivity contribution in [1.29, 1.82) is 0 Å². The molecule has 2 nitrogen and oxygen atoms in total. The number of hydrogen-bond acceptors (Lipinski definition) is 2. The second-order valence-corrected chi connectivity index (χ2v) is 5.72. The van der Waals surface area contributed by atoms with Gasteiger partial charge in [0.1, 0.15) is 0 Å². The zero-order chi connectivity index (χ0) is 15.4. The maximum Gasteiger partial charge on any atom is 0.0923 e. The van der Waals surface area contributed by atoms with Gasteiger partial charge in [-0.2, -0.15) is 0 Å². The molecule has 1 N–H and O–H groups in total. The maximum atomic E-state index is 10.7. The first-order chi connectivity index (χ1) is 10.6. The topological polar surface area (TPSA) is 33.1 Å². The van der Waals surface area contributed by atoms with E-state index in [-0.39, 0.29) is 0 Å².